The number of hydrogen-bond acceptors (Lipinski definition) is 5. The molecule has 2 heterocycles. The van der Waals surface area contributed by atoms with Crippen LogP contribution in [0, 0.1) is 5.92 Å². The minimum absolute atomic E-state index is 0.313. The van der Waals surface area contributed by atoms with E-state index in [2.05, 4.69) is 35.8 Å². The Morgan fingerprint density at radius 1 is 1.28 bits per heavy atom. The molecule has 1 saturated heterocycles. The summed E-state index contributed by atoms with van der Waals surface area (Å²) in [5, 5.41) is 4.01. The summed E-state index contributed by atoms with van der Waals surface area (Å²) in [5.74, 6) is 1.74. The Morgan fingerprint density at radius 3 is 2.44 bits per heavy atom. The summed E-state index contributed by atoms with van der Waals surface area (Å²) in [5.41, 5.74) is 0. The summed E-state index contributed by atoms with van der Waals surface area (Å²) in [6.07, 6.45) is 2.57. The lowest BCUT2D eigenvalue weighted by molar-refractivity contribution is 0.0559. The molecule has 0 N–H and O–H groups in total. The molecular weight excluding hydrogens is 230 g/mol. The van der Waals surface area contributed by atoms with E-state index in [9.17, 15) is 0 Å². The Hall–Kier alpha value is -1.10. The van der Waals surface area contributed by atoms with E-state index in [0.29, 0.717) is 24.0 Å². The van der Waals surface area contributed by atoms with Crippen molar-refractivity contribution in [1.82, 2.24) is 10.1 Å². The molecule has 5 nitrogen and oxygen atoms in total. The van der Waals surface area contributed by atoms with Crippen molar-refractivity contribution in [2.45, 2.75) is 45.6 Å². The van der Waals surface area contributed by atoms with E-state index >= 15 is 0 Å². The molecule has 1 aromatic rings. The second-order valence-corrected chi connectivity index (χ2v) is 5.36. The second kappa shape index (κ2) is 5.69. The molecule has 5 heteroatoms. The van der Waals surface area contributed by atoms with Crippen LogP contribution in [0.3, 0.4) is 0 Å². The van der Waals surface area contributed by atoms with E-state index in [-0.39, 0.29) is 0 Å². The highest BCUT2D eigenvalue weighted by molar-refractivity contribution is 5.26. The van der Waals surface area contributed by atoms with Crippen molar-refractivity contribution in [2.24, 2.45) is 5.92 Å². The first-order chi connectivity index (χ1) is 8.61. The predicted octanol–water partition coefficient (Wildman–Crippen LogP) is 2.44. The minimum atomic E-state index is 0.313. The number of anilines is 1. The van der Waals surface area contributed by atoms with Gasteiger partial charge in [0.25, 0.3) is 0 Å². The van der Waals surface area contributed by atoms with E-state index in [0.717, 1.165) is 31.8 Å². The lowest BCUT2D eigenvalue weighted by Gasteiger charge is -2.33. The number of methoxy groups -OCH3 is 1. The highest BCUT2D eigenvalue weighted by Crippen LogP contribution is 2.26. The van der Waals surface area contributed by atoms with Crippen molar-refractivity contribution in [1.29, 1.82) is 0 Å². The van der Waals surface area contributed by atoms with Gasteiger partial charge >= 0.3 is 6.01 Å². The van der Waals surface area contributed by atoms with Crippen LogP contribution in [-0.4, -0.2) is 36.4 Å². The van der Waals surface area contributed by atoms with Gasteiger partial charge in [-0.25, -0.2) is 0 Å². The van der Waals surface area contributed by atoms with Gasteiger partial charge in [0.2, 0.25) is 0 Å². The first kappa shape index (κ1) is 13.3. The van der Waals surface area contributed by atoms with Gasteiger partial charge in [-0.15, -0.1) is 0 Å². The average Bonchev–Trinajstić information content (AvgIpc) is 2.88. The van der Waals surface area contributed by atoms with Gasteiger partial charge in [0.05, 0.1) is 6.10 Å². The molecule has 1 aliphatic heterocycles. The molecule has 0 spiro atoms. The van der Waals surface area contributed by atoms with Gasteiger partial charge in [0.15, 0.2) is 5.82 Å². The normalized spacial score (nSPS) is 19.5. The molecule has 1 unspecified atom stereocenters. The van der Waals surface area contributed by atoms with Gasteiger partial charge in [-0.3, -0.25) is 0 Å². The number of aromatic nitrogens is 2. The maximum atomic E-state index is 5.40. The number of rotatable bonds is 4. The zero-order chi connectivity index (χ0) is 13.1. The smallest absolute Gasteiger partial charge is 0.324 e. The number of nitrogens with zero attached hydrogens (tertiary/aromatic N) is 3. The van der Waals surface area contributed by atoms with Gasteiger partial charge in [-0.1, -0.05) is 19.0 Å². The first-order valence-electron chi connectivity index (χ1n) is 6.73. The van der Waals surface area contributed by atoms with Crippen molar-refractivity contribution in [3.8, 4) is 0 Å². The van der Waals surface area contributed by atoms with Crippen LogP contribution in [0.4, 0.5) is 6.01 Å². The third-order valence-corrected chi connectivity index (χ3v) is 3.79. The van der Waals surface area contributed by atoms with Crippen LogP contribution in [0.25, 0.3) is 0 Å². The molecule has 1 aromatic heterocycles. The molecule has 0 aromatic carbocycles. The second-order valence-electron chi connectivity index (χ2n) is 5.36. The van der Waals surface area contributed by atoms with Gasteiger partial charge in [0.1, 0.15) is 0 Å². The zero-order valence-electron chi connectivity index (χ0n) is 11.7. The first-order valence-corrected chi connectivity index (χ1v) is 6.73. The Bertz CT molecular complexity index is 370. The van der Waals surface area contributed by atoms with Crippen LogP contribution in [0.15, 0.2) is 4.52 Å². The quantitative estimate of drug-likeness (QED) is 0.825. The van der Waals surface area contributed by atoms with Crippen LogP contribution in [-0.2, 0) is 4.74 Å². The summed E-state index contributed by atoms with van der Waals surface area (Å²) >= 11 is 0. The van der Waals surface area contributed by atoms with E-state index in [1.807, 2.05) is 0 Å². The van der Waals surface area contributed by atoms with Crippen molar-refractivity contribution in [2.75, 3.05) is 25.1 Å². The Balaban J connectivity index is 1.92. The van der Waals surface area contributed by atoms with Crippen LogP contribution in [0.2, 0.25) is 0 Å². The highest BCUT2D eigenvalue weighted by Gasteiger charge is 2.26. The summed E-state index contributed by atoms with van der Waals surface area (Å²) < 4.78 is 10.7. The molecular formula is C13H23N3O2. The average molecular weight is 253 g/mol. The Labute approximate surface area is 108 Å². The molecule has 1 aliphatic rings. The van der Waals surface area contributed by atoms with Crippen LogP contribution < -0.4 is 4.90 Å². The van der Waals surface area contributed by atoms with Crippen LogP contribution >= 0.6 is 0 Å². The lowest BCUT2D eigenvalue weighted by Crippen LogP contribution is -2.37. The van der Waals surface area contributed by atoms with Gasteiger partial charge in [0, 0.05) is 26.1 Å². The number of ether oxygens (including phenoxy) is 1. The SMILES string of the molecule is COC(C)C1CCN(c2nc(C(C)C)no2)CC1. The fourth-order valence-corrected chi connectivity index (χ4v) is 2.34. The molecule has 2 rings (SSSR count). The molecule has 0 radical (unpaired) electrons. The van der Waals surface area contributed by atoms with Crippen molar-refractivity contribution >= 4 is 6.01 Å². The molecule has 102 valence electrons. The molecule has 0 saturated carbocycles. The fourth-order valence-electron chi connectivity index (χ4n) is 2.34. The van der Waals surface area contributed by atoms with E-state index in [1.54, 1.807) is 7.11 Å². The maximum Gasteiger partial charge on any atom is 0.324 e. The molecule has 1 atom stereocenters. The highest BCUT2D eigenvalue weighted by atomic mass is 16.5. The largest absolute Gasteiger partial charge is 0.381 e. The van der Waals surface area contributed by atoms with E-state index in [1.165, 1.54) is 0 Å². The number of hydrogen-bond donors (Lipinski definition) is 0. The monoisotopic (exact) mass is 253 g/mol. The van der Waals surface area contributed by atoms with E-state index < -0.39 is 0 Å². The molecule has 0 bridgehead atoms. The van der Waals surface area contributed by atoms with Crippen molar-refractivity contribution in [3.05, 3.63) is 5.82 Å². The molecule has 1 fully saturated rings. The number of piperidine rings is 1. The minimum Gasteiger partial charge on any atom is -0.381 e. The Kier molecular flexibility index (Phi) is 4.22. The fraction of sp³-hybridized carbons (Fsp3) is 0.846. The third-order valence-electron chi connectivity index (χ3n) is 3.79. The summed E-state index contributed by atoms with van der Waals surface area (Å²) in [6, 6.07) is 0.669. The molecule has 0 amide bonds. The standard InChI is InChI=1S/C13H23N3O2/c1-9(2)12-14-13(18-15-12)16-7-5-11(6-8-16)10(3)17-4/h9-11H,5-8H2,1-4H3. The maximum absolute atomic E-state index is 5.40. The summed E-state index contributed by atoms with van der Waals surface area (Å²) in [6.45, 7) is 8.22. The molecule has 18 heavy (non-hydrogen) atoms. The van der Waals surface area contributed by atoms with Crippen molar-refractivity contribution < 1.29 is 9.26 Å². The topological polar surface area (TPSA) is 51.4 Å². The lowest BCUT2D eigenvalue weighted by atomic mass is 9.92. The van der Waals surface area contributed by atoms with Crippen LogP contribution in [0.1, 0.15) is 45.4 Å². The summed E-state index contributed by atoms with van der Waals surface area (Å²) in [4.78, 5) is 6.62. The van der Waals surface area contributed by atoms with E-state index in [4.69, 9.17) is 9.26 Å². The van der Waals surface area contributed by atoms with Gasteiger partial charge in [-0.2, -0.15) is 4.98 Å². The molecule has 0 aliphatic carbocycles. The van der Waals surface area contributed by atoms with Crippen molar-refractivity contribution in [3.63, 3.8) is 0 Å². The Morgan fingerprint density at radius 2 is 1.94 bits per heavy atom. The van der Waals surface area contributed by atoms with Gasteiger partial charge in [-0.05, 0) is 25.7 Å². The van der Waals surface area contributed by atoms with Crippen LogP contribution in [0.5, 0.6) is 0 Å². The predicted molar refractivity (Wildman–Crippen MR) is 69.8 cm³/mol. The summed E-state index contributed by atoms with van der Waals surface area (Å²) in [7, 11) is 1.78. The third kappa shape index (κ3) is 2.83. The van der Waals surface area contributed by atoms with Gasteiger partial charge < -0.3 is 14.2 Å². The zero-order valence-corrected chi connectivity index (χ0v) is 11.7.